The Morgan fingerprint density at radius 3 is 2.19 bits per heavy atom. The summed E-state index contributed by atoms with van der Waals surface area (Å²) < 4.78 is 5.49. The number of aromatic nitrogens is 2. The number of carbonyl (C=O) groups excluding carboxylic acids is 3. The van der Waals surface area contributed by atoms with Gasteiger partial charge in [0, 0.05) is 11.3 Å². The molecule has 0 radical (unpaired) electrons. The fourth-order valence-corrected chi connectivity index (χ4v) is 4.71. The number of rotatable bonds is 9. The van der Waals surface area contributed by atoms with Crippen molar-refractivity contribution in [2.75, 3.05) is 23.0 Å². The minimum absolute atomic E-state index is 0.114. The van der Waals surface area contributed by atoms with Crippen LogP contribution in [0, 0.1) is 0 Å². The lowest BCUT2D eigenvalue weighted by molar-refractivity contribution is -0.113. The van der Waals surface area contributed by atoms with E-state index in [4.69, 9.17) is 4.74 Å². The third-order valence-electron chi connectivity index (χ3n) is 4.89. The molecule has 1 heterocycles. The standard InChI is InChI=1S/C26H22N4O4S2/c1-2-34-24(33)20-12-14-21(15-13-20)27-22(31)16-35-26-30-29-25(36-26)28-23(32)19-10-8-18(9-11-19)17-6-4-3-5-7-17/h3-15H,2,16H2,1H3,(H,27,31)(H,28,29,32). The molecule has 0 aliphatic rings. The summed E-state index contributed by atoms with van der Waals surface area (Å²) in [4.78, 5) is 36.5. The van der Waals surface area contributed by atoms with Gasteiger partial charge in [0.05, 0.1) is 17.9 Å². The summed E-state index contributed by atoms with van der Waals surface area (Å²) in [6.45, 7) is 2.04. The normalized spacial score (nSPS) is 10.5. The molecule has 1 aromatic heterocycles. The molecule has 4 rings (SSSR count). The molecule has 0 fully saturated rings. The number of nitrogens with one attached hydrogen (secondary N) is 2. The molecule has 36 heavy (non-hydrogen) atoms. The number of nitrogens with zero attached hydrogens (tertiary/aromatic N) is 2. The maximum atomic E-state index is 12.6. The van der Waals surface area contributed by atoms with Crippen LogP contribution in [-0.2, 0) is 9.53 Å². The fourth-order valence-electron chi connectivity index (χ4n) is 3.16. The molecule has 8 nitrogen and oxygen atoms in total. The van der Waals surface area contributed by atoms with Crippen LogP contribution in [0.5, 0.6) is 0 Å². The molecular weight excluding hydrogens is 496 g/mol. The molecule has 0 unspecified atom stereocenters. The number of benzene rings is 3. The lowest BCUT2D eigenvalue weighted by Gasteiger charge is -2.06. The maximum absolute atomic E-state index is 12.6. The highest BCUT2D eigenvalue weighted by molar-refractivity contribution is 8.01. The highest BCUT2D eigenvalue weighted by atomic mass is 32.2. The summed E-state index contributed by atoms with van der Waals surface area (Å²) in [5, 5.41) is 13.9. The minimum Gasteiger partial charge on any atom is -0.462 e. The molecule has 0 spiro atoms. The summed E-state index contributed by atoms with van der Waals surface area (Å²) in [7, 11) is 0. The molecule has 0 atom stereocenters. The van der Waals surface area contributed by atoms with Crippen molar-refractivity contribution in [2.24, 2.45) is 0 Å². The molecule has 3 aromatic carbocycles. The third-order valence-corrected chi connectivity index (χ3v) is 6.86. The predicted octanol–water partition coefficient (Wildman–Crippen LogP) is 5.36. The van der Waals surface area contributed by atoms with Gasteiger partial charge in [-0.2, -0.15) is 0 Å². The first-order valence-corrected chi connectivity index (χ1v) is 12.8. The van der Waals surface area contributed by atoms with Gasteiger partial charge < -0.3 is 10.1 Å². The molecule has 182 valence electrons. The zero-order valence-corrected chi connectivity index (χ0v) is 20.9. The van der Waals surface area contributed by atoms with E-state index in [1.807, 2.05) is 42.5 Å². The van der Waals surface area contributed by atoms with E-state index in [0.29, 0.717) is 32.9 Å². The van der Waals surface area contributed by atoms with Gasteiger partial charge in [0.25, 0.3) is 5.91 Å². The van der Waals surface area contributed by atoms with Crippen LogP contribution in [0.25, 0.3) is 11.1 Å². The van der Waals surface area contributed by atoms with E-state index in [1.54, 1.807) is 43.3 Å². The molecule has 0 aliphatic carbocycles. The van der Waals surface area contributed by atoms with Crippen molar-refractivity contribution >= 4 is 51.7 Å². The van der Waals surface area contributed by atoms with Gasteiger partial charge in [-0.25, -0.2) is 4.79 Å². The highest BCUT2D eigenvalue weighted by Crippen LogP contribution is 2.26. The predicted molar refractivity (Wildman–Crippen MR) is 141 cm³/mol. The van der Waals surface area contributed by atoms with Crippen molar-refractivity contribution in [3.63, 3.8) is 0 Å². The van der Waals surface area contributed by atoms with E-state index in [-0.39, 0.29) is 17.6 Å². The maximum Gasteiger partial charge on any atom is 0.338 e. The lowest BCUT2D eigenvalue weighted by atomic mass is 10.0. The Morgan fingerprint density at radius 2 is 1.50 bits per heavy atom. The number of esters is 1. The number of anilines is 2. The second-order valence-electron chi connectivity index (χ2n) is 7.41. The van der Waals surface area contributed by atoms with Crippen LogP contribution in [-0.4, -0.2) is 40.3 Å². The van der Waals surface area contributed by atoms with Gasteiger partial charge in [0.2, 0.25) is 11.0 Å². The first-order chi connectivity index (χ1) is 17.5. The van der Waals surface area contributed by atoms with Crippen LogP contribution in [0.3, 0.4) is 0 Å². The Morgan fingerprint density at radius 1 is 0.833 bits per heavy atom. The molecule has 2 N–H and O–H groups in total. The average molecular weight is 519 g/mol. The van der Waals surface area contributed by atoms with E-state index in [9.17, 15) is 14.4 Å². The van der Waals surface area contributed by atoms with Gasteiger partial charge in [-0.3, -0.25) is 14.9 Å². The largest absolute Gasteiger partial charge is 0.462 e. The van der Waals surface area contributed by atoms with Crippen molar-refractivity contribution in [3.05, 3.63) is 90.0 Å². The van der Waals surface area contributed by atoms with Crippen molar-refractivity contribution < 1.29 is 19.1 Å². The Kier molecular flexibility index (Phi) is 8.43. The van der Waals surface area contributed by atoms with Crippen LogP contribution >= 0.6 is 23.1 Å². The first-order valence-electron chi connectivity index (χ1n) is 11.0. The second-order valence-corrected chi connectivity index (χ2v) is 9.61. The van der Waals surface area contributed by atoms with Crippen molar-refractivity contribution in [1.29, 1.82) is 0 Å². The van der Waals surface area contributed by atoms with Crippen LogP contribution in [0.1, 0.15) is 27.6 Å². The Balaban J connectivity index is 1.26. The smallest absolute Gasteiger partial charge is 0.338 e. The zero-order chi connectivity index (χ0) is 25.3. The van der Waals surface area contributed by atoms with Gasteiger partial charge in [0.1, 0.15) is 0 Å². The van der Waals surface area contributed by atoms with Crippen molar-refractivity contribution in [3.8, 4) is 11.1 Å². The fraction of sp³-hybridized carbons (Fsp3) is 0.115. The van der Waals surface area contributed by atoms with E-state index in [1.165, 1.54) is 23.1 Å². The Labute approximate surface area is 216 Å². The van der Waals surface area contributed by atoms with Gasteiger partial charge in [-0.1, -0.05) is 65.6 Å². The molecule has 2 amide bonds. The molecule has 0 saturated heterocycles. The van der Waals surface area contributed by atoms with Crippen LogP contribution in [0.4, 0.5) is 10.8 Å². The quantitative estimate of drug-likeness (QED) is 0.174. The van der Waals surface area contributed by atoms with E-state index >= 15 is 0 Å². The number of amides is 2. The van der Waals surface area contributed by atoms with Gasteiger partial charge >= 0.3 is 5.97 Å². The van der Waals surface area contributed by atoms with Gasteiger partial charge in [-0.05, 0) is 54.4 Å². The first kappa shape index (κ1) is 25.1. The second kappa shape index (κ2) is 12.1. The SMILES string of the molecule is CCOC(=O)c1ccc(NC(=O)CSc2nnc(NC(=O)c3ccc(-c4ccccc4)cc3)s2)cc1. The van der Waals surface area contributed by atoms with Crippen LogP contribution in [0.2, 0.25) is 0 Å². The Hall–Kier alpha value is -4.02. The third kappa shape index (κ3) is 6.77. The summed E-state index contributed by atoms with van der Waals surface area (Å²) in [6, 6.07) is 23.7. The van der Waals surface area contributed by atoms with Crippen LogP contribution < -0.4 is 10.6 Å². The average Bonchev–Trinajstić information content (AvgIpc) is 3.36. The number of hydrogen-bond acceptors (Lipinski definition) is 8. The number of hydrogen-bond donors (Lipinski definition) is 2. The Bertz CT molecular complexity index is 1340. The molecule has 0 bridgehead atoms. The summed E-state index contributed by atoms with van der Waals surface area (Å²) in [5.74, 6) is -0.813. The van der Waals surface area contributed by atoms with E-state index < -0.39 is 5.97 Å². The van der Waals surface area contributed by atoms with Crippen molar-refractivity contribution in [1.82, 2.24) is 10.2 Å². The number of thioether (sulfide) groups is 1. The number of carbonyl (C=O) groups is 3. The molecular formula is C26H22N4O4S2. The molecule has 0 aliphatic heterocycles. The summed E-state index contributed by atoms with van der Waals surface area (Å²) in [6.07, 6.45) is 0. The minimum atomic E-state index is -0.408. The lowest BCUT2D eigenvalue weighted by Crippen LogP contribution is -2.14. The topological polar surface area (TPSA) is 110 Å². The van der Waals surface area contributed by atoms with E-state index in [0.717, 1.165) is 11.1 Å². The highest BCUT2D eigenvalue weighted by Gasteiger charge is 2.13. The van der Waals surface area contributed by atoms with Crippen LogP contribution in [0.15, 0.2) is 83.2 Å². The van der Waals surface area contributed by atoms with Gasteiger partial charge in [-0.15, -0.1) is 10.2 Å². The molecule has 0 saturated carbocycles. The summed E-state index contributed by atoms with van der Waals surface area (Å²) >= 11 is 2.40. The number of ether oxygens (including phenoxy) is 1. The van der Waals surface area contributed by atoms with E-state index in [2.05, 4.69) is 20.8 Å². The van der Waals surface area contributed by atoms with Gasteiger partial charge in [0.15, 0.2) is 4.34 Å². The zero-order valence-electron chi connectivity index (χ0n) is 19.3. The summed E-state index contributed by atoms with van der Waals surface area (Å²) in [5.41, 5.74) is 3.59. The molecule has 10 heteroatoms. The monoisotopic (exact) mass is 518 g/mol. The van der Waals surface area contributed by atoms with Crippen molar-refractivity contribution in [2.45, 2.75) is 11.3 Å². The molecule has 4 aromatic rings.